The van der Waals surface area contributed by atoms with Crippen molar-refractivity contribution in [2.24, 2.45) is 5.10 Å². The van der Waals surface area contributed by atoms with Crippen molar-refractivity contribution in [1.82, 2.24) is 0 Å². The second-order valence-corrected chi connectivity index (χ2v) is 4.49. The molecule has 0 saturated heterocycles. The Morgan fingerprint density at radius 1 is 1.07 bits per heavy atom. The molecule has 1 aromatic rings. The molecule has 0 saturated carbocycles. The van der Waals surface area contributed by atoms with Gasteiger partial charge < -0.3 is 24.0 Å². The molecule has 84 valence electrons. The number of hydrogen-bond acceptors (Lipinski definition) is 1. The fourth-order valence-electron chi connectivity index (χ4n) is 1.30. The van der Waals surface area contributed by atoms with Crippen molar-refractivity contribution in [3.05, 3.63) is 35.4 Å². The van der Waals surface area contributed by atoms with Crippen LogP contribution in [0.15, 0.2) is 29.4 Å². The number of quaternary nitrogens is 1. The van der Waals surface area contributed by atoms with E-state index in [2.05, 4.69) is 57.4 Å². The van der Waals surface area contributed by atoms with Crippen LogP contribution in [0.2, 0.25) is 0 Å². The monoisotopic (exact) mass is 318 g/mol. The summed E-state index contributed by atoms with van der Waals surface area (Å²) in [6.45, 7) is 4.14. The molecule has 15 heavy (non-hydrogen) atoms. The van der Waals surface area contributed by atoms with Gasteiger partial charge in [-0.3, -0.25) is 0 Å². The van der Waals surface area contributed by atoms with E-state index in [0.29, 0.717) is 4.59 Å². The Kier molecular flexibility index (Phi) is 5.45. The van der Waals surface area contributed by atoms with Crippen LogP contribution in [-0.4, -0.2) is 31.4 Å². The van der Waals surface area contributed by atoms with E-state index < -0.39 is 0 Å². The SMILES string of the molecule is C/C(=N\[N+](C)(C)C)c1ccc(C)cc1.[I-]. The van der Waals surface area contributed by atoms with Crippen LogP contribution in [0.4, 0.5) is 0 Å². The van der Waals surface area contributed by atoms with Gasteiger partial charge in [0.25, 0.3) is 0 Å². The van der Waals surface area contributed by atoms with Crippen LogP contribution in [0, 0.1) is 6.92 Å². The van der Waals surface area contributed by atoms with E-state index >= 15 is 0 Å². The molecule has 1 rings (SSSR count). The normalized spacial score (nSPS) is 12.2. The molecule has 0 spiro atoms. The van der Waals surface area contributed by atoms with Gasteiger partial charge in [0.1, 0.15) is 0 Å². The molecule has 0 N–H and O–H groups in total. The predicted molar refractivity (Wildman–Crippen MR) is 61.4 cm³/mol. The third-order valence-electron chi connectivity index (χ3n) is 1.92. The Morgan fingerprint density at radius 3 is 1.93 bits per heavy atom. The van der Waals surface area contributed by atoms with E-state index in [1.54, 1.807) is 0 Å². The fraction of sp³-hybridized carbons (Fsp3) is 0.417. The van der Waals surface area contributed by atoms with Gasteiger partial charge in [-0.2, -0.15) is 0 Å². The summed E-state index contributed by atoms with van der Waals surface area (Å²) in [4.78, 5) is 0. The van der Waals surface area contributed by atoms with Crippen LogP contribution >= 0.6 is 0 Å². The lowest BCUT2D eigenvalue weighted by molar-refractivity contribution is -0.877. The van der Waals surface area contributed by atoms with Crippen molar-refractivity contribution >= 4 is 5.71 Å². The highest BCUT2D eigenvalue weighted by atomic mass is 127. The first-order valence-corrected chi connectivity index (χ1v) is 4.84. The third-order valence-corrected chi connectivity index (χ3v) is 1.92. The predicted octanol–water partition coefficient (Wildman–Crippen LogP) is -0.571. The average molecular weight is 318 g/mol. The summed E-state index contributed by atoms with van der Waals surface area (Å²) in [6.07, 6.45) is 0. The minimum atomic E-state index is 0. The number of rotatable bonds is 2. The molecule has 1 aromatic carbocycles. The summed E-state index contributed by atoms with van der Waals surface area (Å²) < 4.78 is 0.611. The Bertz CT molecular complexity index is 334. The maximum atomic E-state index is 4.56. The third kappa shape index (κ3) is 5.28. The van der Waals surface area contributed by atoms with E-state index in [0.717, 1.165) is 5.71 Å². The van der Waals surface area contributed by atoms with Gasteiger partial charge in [0.2, 0.25) is 0 Å². The molecule has 0 aliphatic carbocycles. The Labute approximate surface area is 110 Å². The van der Waals surface area contributed by atoms with Crippen molar-refractivity contribution in [3.8, 4) is 0 Å². The molecule has 0 bridgehead atoms. The minimum Gasteiger partial charge on any atom is -1.00 e. The van der Waals surface area contributed by atoms with Crippen LogP contribution in [0.5, 0.6) is 0 Å². The van der Waals surface area contributed by atoms with Gasteiger partial charge in [0.05, 0.1) is 26.9 Å². The summed E-state index contributed by atoms with van der Waals surface area (Å²) in [5.41, 5.74) is 3.56. The molecular weight excluding hydrogens is 299 g/mol. The molecule has 2 nitrogen and oxygen atoms in total. The summed E-state index contributed by atoms with van der Waals surface area (Å²) in [7, 11) is 6.16. The Hall–Kier alpha value is -0.420. The number of hydrogen-bond donors (Lipinski definition) is 0. The summed E-state index contributed by atoms with van der Waals surface area (Å²) >= 11 is 0. The number of benzene rings is 1. The van der Waals surface area contributed by atoms with Gasteiger partial charge >= 0.3 is 0 Å². The van der Waals surface area contributed by atoms with Crippen molar-refractivity contribution in [2.75, 3.05) is 21.1 Å². The topological polar surface area (TPSA) is 12.4 Å². The van der Waals surface area contributed by atoms with Crippen molar-refractivity contribution in [3.63, 3.8) is 0 Å². The fourth-order valence-corrected chi connectivity index (χ4v) is 1.30. The highest BCUT2D eigenvalue weighted by Crippen LogP contribution is 2.06. The molecule has 0 atom stereocenters. The van der Waals surface area contributed by atoms with Crippen LogP contribution in [0.3, 0.4) is 0 Å². The summed E-state index contributed by atoms with van der Waals surface area (Å²) in [6, 6.07) is 8.46. The number of aryl methyl sites for hydroxylation is 1. The first-order chi connectivity index (χ1) is 6.38. The molecule has 0 unspecified atom stereocenters. The molecule has 0 fully saturated rings. The lowest BCUT2D eigenvalue weighted by Crippen LogP contribution is -3.00. The van der Waals surface area contributed by atoms with Crippen molar-refractivity contribution in [1.29, 1.82) is 0 Å². The van der Waals surface area contributed by atoms with E-state index in [1.807, 2.05) is 6.92 Å². The second kappa shape index (κ2) is 5.61. The van der Waals surface area contributed by atoms with Gasteiger partial charge in [-0.1, -0.05) is 34.9 Å². The zero-order valence-electron chi connectivity index (χ0n) is 10.1. The van der Waals surface area contributed by atoms with Crippen molar-refractivity contribution in [2.45, 2.75) is 13.8 Å². The zero-order valence-corrected chi connectivity index (χ0v) is 12.2. The quantitative estimate of drug-likeness (QED) is 0.300. The van der Waals surface area contributed by atoms with Crippen LogP contribution in [-0.2, 0) is 0 Å². The first kappa shape index (κ1) is 14.6. The molecule has 0 aromatic heterocycles. The number of nitrogens with zero attached hydrogens (tertiary/aromatic N) is 2. The van der Waals surface area contributed by atoms with Crippen LogP contribution in [0.1, 0.15) is 18.1 Å². The minimum absolute atomic E-state index is 0. The van der Waals surface area contributed by atoms with Crippen LogP contribution < -0.4 is 24.0 Å². The first-order valence-electron chi connectivity index (χ1n) is 4.84. The lowest BCUT2D eigenvalue weighted by Gasteiger charge is -2.16. The maximum Gasteiger partial charge on any atom is 0.0999 e. The van der Waals surface area contributed by atoms with E-state index in [9.17, 15) is 0 Å². The van der Waals surface area contributed by atoms with Gasteiger partial charge in [-0.25, -0.2) is 4.59 Å². The molecule has 0 aliphatic heterocycles. The summed E-state index contributed by atoms with van der Waals surface area (Å²) in [5.74, 6) is 0. The van der Waals surface area contributed by atoms with Gasteiger partial charge in [-0.05, 0) is 13.8 Å². The standard InChI is InChI=1S/C12H19N2.HI/c1-10-6-8-12(9-7-10)11(2)13-14(3,4)5;/h6-9H,1-5H3;1H/q+1;/p-1/b13-11+;. The molecular formula is C12H19IN2. The van der Waals surface area contributed by atoms with Gasteiger partial charge in [0, 0.05) is 5.56 Å². The molecule has 0 heterocycles. The smallest absolute Gasteiger partial charge is 0.0999 e. The molecule has 0 radical (unpaired) electrons. The Morgan fingerprint density at radius 2 is 1.53 bits per heavy atom. The second-order valence-electron chi connectivity index (χ2n) is 4.49. The molecule has 3 heteroatoms. The lowest BCUT2D eigenvalue weighted by atomic mass is 10.1. The van der Waals surface area contributed by atoms with E-state index in [4.69, 9.17) is 0 Å². The van der Waals surface area contributed by atoms with Crippen LogP contribution in [0.25, 0.3) is 0 Å². The van der Waals surface area contributed by atoms with Gasteiger partial charge in [-0.15, -0.1) is 0 Å². The maximum absolute atomic E-state index is 4.56. The van der Waals surface area contributed by atoms with Gasteiger partial charge in [0.15, 0.2) is 0 Å². The molecule has 0 amide bonds. The van der Waals surface area contributed by atoms with E-state index in [-0.39, 0.29) is 24.0 Å². The highest BCUT2D eigenvalue weighted by Gasteiger charge is 2.06. The highest BCUT2D eigenvalue weighted by molar-refractivity contribution is 5.98. The molecule has 0 aliphatic rings. The number of halogens is 1. The Balaban J connectivity index is 0.00000196. The average Bonchev–Trinajstić information content (AvgIpc) is 2.02. The largest absolute Gasteiger partial charge is 1.00 e. The van der Waals surface area contributed by atoms with Crippen molar-refractivity contribution < 1.29 is 28.6 Å². The zero-order chi connectivity index (χ0) is 10.8. The van der Waals surface area contributed by atoms with E-state index in [1.165, 1.54) is 11.1 Å². The summed E-state index contributed by atoms with van der Waals surface area (Å²) in [5, 5.41) is 4.56.